The van der Waals surface area contributed by atoms with E-state index in [0.717, 1.165) is 19.4 Å². The lowest BCUT2D eigenvalue weighted by Gasteiger charge is -2.26. The van der Waals surface area contributed by atoms with Gasteiger partial charge in [0.1, 0.15) is 11.7 Å². The highest BCUT2D eigenvalue weighted by Gasteiger charge is 2.48. The van der Waals surface area contributed by atoms with Crippen LogP contribution in [0.5, 0.6) is 5.75 Å². The standard InChI is InChI=1S/C10H9N3O/c11-5-7-1-4-12-9-8(7)14-10(2-3-10)6-13-9/h1,4H,2-3,6H2,(H,12,13). The number of pyridine rings is 1. The lowest BCUT2D eigenvalue weighted by molar-refractivity contribution is 0.182. The first-order valence-electron chi connectivity index (χ1n) is 4.65. The summed E-state index contributed by atoms with van der Waals surface area (Å²) in [5.41, 5.74) is 0.523. The van der Waals surface area contributed by atoms with Crippen molar-refractivity contribution in [3.63, 3.8) is 0 Å². The van der Waals surface area contributed by atoms with Gasteiger partial charge >= 0.3 is 0 Å². The molecule has 0 atom stereocenters. The minimum absolute atomic E-state index is 0.0400. The smallest absolute Gasteiger partial charge is 0.180 e. The molecule has 0 unspecified atom stereocenters. The molecule has 14 heavy (non-hydrogen) atoms. The Morgan fingerprint density at radius 2 is 2.43 bits per heavy atom. The van der Waals surface area contributed by atoms with Gasteiger partial charge < -0.3 is 10.1 Å². The molecule has 1 fully saturated rings. The van der Waals surface area contributed by atoms with Crippen molar-refractivity contribution in [3.05, 3.63) is 17.8 Å². The molecular formula is C10H9N3O. The van der Waals surface area contributed by atoms with Gasteiger partial charge in [-0.3, -0.25) is 0 Å². The van der Waals surface area contributed by atoms with Gasteiger partial charge in [-0.1, -0.05) is 0 Å². The first-order chi connectivity index (χ1) is 6.83. The number of nitriles is 1. The van der Waals surface area contributed by atoms with E-state index in [-0.39, 0.29) is 5.60 Å². The molecule has 3 rings (SSSR count). The van der Waals surface area contributed by atoms with E-state index >= 15 is 0 Å². The van der Waals surface area contributed by atoms with Gasteiger partial charge in [0.15, 0.2) is 11.6 Å². The third kappa shape index (κ3) is 0.956. The van der Waals surface area contributed by atoms with Crippen molar-refractivity contribution < 1.29 is 4.74 Å². The molecule has 2 heterocycles. The molecule has 1 spiro atoms. The lowest BCUT2D eigenvalue weighted by Crippen LogP contribution is -2.33. The topological polar surface area (TPSA) is 57.9 Å². The molecule has 1 saturated carbocycles. The van der Waals surface area contributed by atoms with Gasteiger partial charge in [0.05, 0.1) is 12.1 Å². The monoisotopic (exact) mass is 187 g/mol. The fourth-order valence-corrected chi connectivity index (χ4v) is 1.68. The highest BCUT2D eigenvalue weighted by Crippen LogP contribution is 2.46. The third-order valence-electron chi connectivity index (χ3n) is 2.73. The van der Waals surface area contributed by atoms with E-state index in [1.807, 2.05) is 0 Å². The predicted molar refractivity (Wildman–Crippen MR) is 50.0 cm³/mol. The molecule has 1 aromatic rings. The highest BCUT2D eigenvalue weighted by atomic mass is 16.5. The Morgan fingerprint density at radius 1 is 1.57 bits per heavy atom. The summed E-state index contributed by atoms with van der Waals surface area (Å²) in [6.45, 7) is 0.807. The maximum atomic E-state index is 8.90. The molecule has 0 radical (unpaired) electrons. The molecule has 4 heteroatoms. The number of fused-ring (bicyclic) bond motifs is 1. The van der Waals surface area contributed by atoms with Crippen molar-refractivity contribution in [2.75, 3.05) is 11.9 Å². The van der Waals surface area contributed by atoms with Crippen LogP contribution >= 0.6 is 0 Å². The summed E-state index contributed by atoms with van der Waals surface area (Å²) in [4.78, 5) is 4.13. The molecule has 1 aliphatic carbocycles. The zero-order chi connectivity index (χ0) is 9.60. The Morgan fingerprint density at radius 3 is 3.14 bits per heavy atom. The van der Waals surface area contributed by atoms with Crippen molar-refractivity contribution in [1.29, 1.82) is 5.26 Å². The molecule has 70 valence electrons. The van der Waals surface area contributed by atoms with Crippen LogP contribution in [0.3, 0.4) is 0 Å². The van der Waals surface area contributed by atoms with Gasteiger partial charge in [-0.25, -0.2) is 4.98 Å². The molecule has 0 saturated heterocycles. The van der Waals surface area contributed by atoms with Crippen LogP contribution in [0.2, 0.25) is 0 Å². The summed E-state index contributed by atoms with van der Waals surface area (Å²) in [7, 11) is 0. The van der Waals surface area contributed by atoms with Crippen molar-refractivity contribution in [1.82, 2.24) is 4.98 Å². The van der Waals surface area contributed by atoms with Crippen LogP contribution in [0.15, 0.2) is 12.3 Å². The van der Waals surface area contributed by atoms with E-state index in [9.17, 15) is 0 Å². The molecular weight excluding hydrogens is 178 g/mol. The number of rotatable bonds is 0. The SMILES string of the molecule is N#Cc1ccnc2c1OC1(CC1)CN2. The minimum atomic E-state index is -0.0400. The maximum absolute atomic E-state index is 8.90. The zero-order valence-electron chi connectivity index (χ0n) is 7.58. The quantitative estimate of drug-likeness (QED) is 0.664. The van der Waals surface area contributed by atoms with Crippen LogP contribution in [0.4, 0.5) is 5.82 Å². The van der Waals surface area contributed by atoms with Gasteiger partial charge in [-0.05, 0) is 18.9 Å². The Kier molecular flexibility index (Phi) is 1.30. The van der Waals surface area contributed by atoms with Crippen molar-refractivity contribution in [2.24, 2.45) is 0 Å². The molecule has 4 nitrogen and oxygen atoms in total. The largest absolute Gasteiger partial charge is 0.480 e. The number of nitrogens with one attached hydrogen (secondary N) is 1. The first kappa shape index (κ1) is 7.63. The summed E-state index contributed by atoms with van der Waals surface area (Å²) in [6.07, 6.45) is 3.76. The summed E-state index contributed by atoms with van der Waals surface area (Å²) in [5, 5.41) is 12.1. The van der Waals surface area contributed by atoms with E-state index in [1.54, 1.807) is 12.3 Å². The van der Waals surface area contributed by atoms with Crippen LogP contribution in [-0.2, 0) is 0 Å². The predicted octanol–water partition coefficient (Wildman–Crippen LogP) is 1.29. The maximum Gasteiger partial charge on any atom is 0.180 e. The fourth-order valence-electron chi connectivity index (χ4n) is 1.68. The van der Waals surface area contributed by atoms with Crippen molar-refractivity contribution in [2.45, 2.75) is 18.4 Å². The molecule has 0 bridgehead atoms. The van der Waals surface area contributed by atoms with Crippen LogP contribution in [0.1, 0.15) is 18.4 Å². The highest BCUT2D eigenvalue weighted by molar-refractivity contribution is 5.60. The Balaban J connectivity index is 2.09. The van der Waals surface area contributed by atoms with Crippen LogP contribution in [-0.4, -0.2) is 17.1 Å². The van der Waals surface area contributed by atoms with Gasteiger partial charge in [0, 0.05) is 6.20 Å². The number of nitrogens with zero attached hydrogens (tertiary/aromatic N) is 2. The normalized spacial score (nSPS) is 20.2. The van der Waals surface area contributed by atoms with Crippen molar-refractivity contribution in [3.8, 4) is 11.8 Å². The van der Waals surface area contributed by atoms with E-state index in [0.29, 0.717) is 17.1 Å². The summed E-state index contributed by atoms with van der Waals surface area (Å²) in [6, 6.07) is 3.80. The van der Waals surface area contributed by atoms with Gasteiger partial charge in [0.2, 0.25) is 0 Å². The van der Waals surface area contributed by atoms with E-state index in [1.165, 1.54) is 0 Å². The van der Waals surface area contributed by atoms with E-state index < -0.39 is 0 Å². The molecule has 1 N–H and O–H groups in total. The minimum Gasteiger partial charge on any atom is -0.480 e. The second-order valence-corrected chi connectivity index (χ2v) is 3.79. The van der Waals surface area contributed by atoms with E-state index in [4.69, 9.17) is 10.00 Å². The summed E-state index contributed by atoms with van der Waals surface area (Å²) < 4.78 is 5.80. The molecule has 2 aliphatic rings. The average Bonchev–Trinajstić information content (AvgIpc) is 2.97. The Hall–Kier alpha value is -1.76. The van der Waals surface area contributed by atoms with Crippen LogP contribution in [0.25, 0.3) is 0 Å². The van der Waals surface area contributed by atoms with Gasteiger partial charge in [-0.2, -0.15) is 5.26 Å². The zero-order valence-corrected chi connectivity index (χ0v) is 7.58. The number of hydrogen-bond acceptors (Lipinski definition) is 4. The van der Waals surface area contributed by atoms with Crippen molar-refractivity contribution >= 4 is 5.82 Å². The average molecular weight is 187 g/mol. The van der Waals surface area contributed by atoms with E-state index in [2.05, 4.69) is 16.4 Å². The number of anilines is 1. The number of hydrogen-bond donors (Lipinski definition) is 1. The van der Waals surface area contributed by atoms with Gasteiger partial charge in [0.25, 0.3) is 0 Å². The number of aromatic nitrogens is 1. The second-order valence-electron chi connectivity index (χ2n) is 3.79. The lowest BCUT2D eigenvalue weighted by atomic mass is 10.2. The Bertz CT molecular complexity index is 431. The number of ether oxygens (including phenoxy) is 1. The second kappa shape index (κ2) is 2.38. The van der Waals surface area contributed by atoms with Crippen LogP contribution in [0, 0.1) is 11.3 Å². The molecule has 1 aliphatic heterocycles. The summed E-state index contributed by atoms with van der Waals surface area (Å²) >= 11 is 0. The first-order valence-corrected chi connectivity index (χ1v) is 4.65. The molecule has 0 aromatic carbocycles. The van der Waals surface area contributed by atoms with Crippen LogP contribution < -0.4 is 10.1 Å². The summed E-state index contributed by atoms with van der Waals surface area (Å²) in [5.74, 6) is 1.32. The Labute approximate surface area is 81.5 Å². The molecule has 1 aromatic heterocycles. The third-order valence-corrected chi connectivity index (χ3v) is 2.73. The van der Waals surface area contributed by atoms with Gasteiger partial charge in [-0.15, -0.1) is 0 Å². The molecule has 0 amide bonds. The fraction of sp³-hybridized carbons (Fsp3) is 0.400.